The molecule has 31 heavy (non-hydrogen) atoms. The Bertz CT molecular complexity index is 1380. The van der Waals surface area contributed by atoms with Crippen molar-refractivity contribution in [3.05, 3.63) is 42.5 Å². The Morgan fingerprint density at radius 1 is 0.903 bits per heavy atom. The summed E-state index contributed by atoms with van der Waals surface area (Å²) in [5.41, 5.74) is 11.2. The predicted octanol–water partition coefficient (Wildman–Crippen LogP) is -4.35. The zero-order valence-electron chi connectivity index (χ0n) is 16.3. The molecule has 3 aromatic carbocycles. The van der Waals surface area contributed by atoms with Crippen LogP contribution >= 0.6 is 0 Å². The third-order valence-electron chi connectivity index (χ3n) is 3.88. The fraction of sp³-hybridized carbons (Fsp3) is 0. The van der Waals surface area contributed by atoms with Crippen molar-refractivity contribution in [3.63, 3.8) is 0 Å². The number of fused-ring (bicyclic) bond motifs is 1. The standard InChI is InChI=1S/C16H14N4O7S2.2K/c17-9-1-3-10(4-2-9)19-20-16-13(29(25,26)27)6-8-5-11(28(22,23)24)7-12(21)14(8)15(16)18;;/h1-7,21H,17-18H2,(H,22,23,24)(H,25,26,27);;/q;2*+1/p-2. The average Bonchev–Trinajstić information content (AvgIpc) is 2.60. The Balaban J connectivity index is 0.00000240. The summed E-state index contributed by atoms with van der Waals surface area (Å²) in [6.45, 7) is 0. The number of hydrogen-bond donors (Lipinski definition) is 3. The monoisotopic (exact) mass is 514 g/mol. The van der Waals surface area contributed by atoms with Gasteiger partial charge in [0.25, 0.3) is 10.1 Å². The van der Waals surface area contributed by atoms with Crippen molar-refractivity contribution >= 4 is 53.8 Å². The Hall–Kier alpha value is 0.0127. The minimum absolute atomic E-state index is 0. The molecule has 11 nitrogen and oxygen atoms in total. The van der Waals surface area contributed by atoms with Gasteiger partial charge in [-0.2, -0.15) is 13.5 Å². The molecule has 0 saturated carbocycles. The van der Waals surface area contributed by atoms with Gasteiger partial charge < -0.3 is 21.1 Å². The van der Waals surface area contributed by atoms with E-state index in [9.17, 15) is 31.0 Å². The molecule has 0 unspecified atom stereocenters. The second kappa shape index (κ2) is 11.0. The number of azo groups is 1. The first-order chi connectivity index (χ1) is 13.4. The van der Waals surface area contributed by atoms with Crippen molar-refractivity contribution in [2.24, 2.45) is 10.2 Å². The number of anilines is 2. The van der Waals surface area contributed by atoms with Crippen molar-refractivity contribution < 1.29 is 134 Å². The minimum Gasteiger partial charge on any atom is -0.872 e. The molecule has 0 aliphatic carbocycles. The third kappa shape index (κ3) is 6.76. The zero-order valence-corrected chi connectivity index (χ0v) is 24.2. The van der Waals surface area contributed by atoms with Gasteiger partial charge in [0.2, 0.25) is 0 Å². The van der Waals surface area contributed by atoms with Gasteiger partial charge in [0.15, 0.2) is 0 Å². The van der Waals surface area contributed by atoms with E-state index in [1.165, 1.54) is 24.3 Å². The normalized spacial score (nSPS) is 11.8. The van der Waals surface area contributed by atoms with E-state index >= 15 is 0 Å². The Morgan fingerprint density at radius 2 is 1.48 bits per heavy atom. The van der Waals surface area contributed by atoms with Crippen molar-refractivity contribution in [2.45, 2.75) is 9.79 Å². The van der Waals surface area contributed by atoms with Gasteiger partial charge >= 0.3 is 103 Å². The van der Waals surface area contributed by atoms with Gasteiger partial charge in [-0.3, -0.25) is 4.55 Å². The molecule has 0 aromatic heterocycles. The maximum Gasteiger partial charge on any atom is 1.00 e. The summed E-state index contributed by atoms with van der Waals surface area (Å²) in [7, 11) is -9.90. The minimum atomic E-state index is -4.99. The van der Waals surface area contributed by atoms with E-state index in [4.69, 9.17) is 11.5 Å². The molecule has 5 N–H and O–H groups in total. The zero-order chi connectivity index (χ0) is 21.6. The van der Waals surface area contributed by atoms with Crippen molar-refractivity contribution in [1.82, 2.24) is 0 Å². The van der Waals surface area contributed by atoms with Crippen molar-refractivity contribution in [3.8, 4) is 5.75 Å². The fourth-order valence-electron chi connectivity index (χ4n) is 2.57. The van der Waals surface area contributed by atoms with Crippen LogP contribution in [-0.4, -0.2) is 25.9 Å². The summed E-state index contributed by atoms with van der Waals surface area (Å²) >= 11 is 0. The SMILES string of the molecule is Nc1ccc(N=Nc2c(S(=O)(=O)O)cc3cc(S(=O)(=O)[O-])cc([O-])c3c2N)cc1.[K+].[K+]. The number of nitrogen functional groups attached to an aromatic ring is 2. The molecule has 0 atom stereocenters. The van der Waals surface area contributed by atoms with E-state index < -0.39 is 47.2 Å². The third-order valence-corrected chi connectivity index (χ3v) is 5.56. The van der Waals surface area contributed by atoms with Gasteiger partial charge in [-0.05, 0) is 47.2 Å². The summed E-state index contributed by atoms with van der Waals surface area (Å²) in [5.74, 6) is -0.944. The number of benzene rings is 3. The molecular formula is C16H12K2N4O7S2. The number of rotatable bonds is 4. The number of nitrogens with zero attached hydrogens (tertiary/aromatic N) is 2. The van der Waals surface area contributed by atoms with Crippen molar-refractivity contribution in [1.29, 1.82) is 0 Å². The maximum atomic E-state index is 12.3. The van der Waals surface area contributed by atoms with Gasteiger partial charge in [0, 0.05) is 5.69 Å². The molecule has 0 bridgehead atoms. The number of hydrogen-bond acceptors (Lipinski definition) is 10. The molecule has 0 spiro atoms. The predicted molar refractivity (Wildman–Crippen MR) is 101 cm³/mol. The Morgan fingerprint density at radius 3 is 2.00 bits per heavy atom. The first-order valence-corrected chi connectivity index (χ1v) is 10.5. The quantitative estimate of drug-likeness (QED) is 0.133. The summed E-state index contributed by atoms with van der Waals surface area (Å²) in [6.07, 6.45) is 0. The summed E-state index contributed by atoms with van der Waals surface area (Å²) in [5, 5.41) is 19.3. The molecule has 3 aromatic rings. The van der Waals surface area contributed by atoms with Crippen LogP contribution in [0.3, 0.4) is 0 Å². The van der Waals surface area contributed by atoms with Crippen LogP contribution in [0.5, 0.6) is 5.75 Å². The summed E-state index contributed by atoms with van der Waals surface area (Å²) in [4.78, 5) is -1.69. The second-order valence-electron chi connectivity index (χ2n) is 5.88. The topological polar surface area (TPSA) is 211 Å². The van der Waals surface area contributed by atoms with Gasteiger partial charge in [0.05, 0.1) is 16.3 Å². The van der Waals surface area contributed by atoms with Crippen LogP contribution in [0.15, 0.2) is 62.5 Å². The molecular weight excluding hydrogens is 503 g/mol. The van der Waals surface area contributed by atoms with E-state index in [0.717, 1.165) is 12.1 Å². The molecule has 152 valence electrons. The van der Waals surface area contributed by atoms with E-state index in [2.05, 4.69) is 10.2 Å². The van der Waals surface area contributed by atoms with E-state index in [-0.39, 0.29) is 119 Å². The molecule has 0 aliphatic heterocycles. The van der Waals surface area contributed by atoms with E-state index in [1.807, 2.05) is 0 Å². The van der Waals surface area contributed by atoms with E-state index in [0.29, 0.717) is 11.8 Å². The molecule has 0 amide bonds. The van der Waals surface area contributed by atoms with Crippen LogP contribution < -0.4 is 119 Å². The van der Waals surface area contributed by atoms with Crippen LogP contribution in [-0.2, 0) is 20.2 Å². The van der Waals surface area contributed by atoms with Crippen molar-refractivity contribution in [2.75, 3.05) is 11.5 Å². The Kier molecular flexibility index (Phi) is 10.3. The first kappa shape index (κ1) is 29.0. The first-order valence-electron chi connectivity index (χ1n) is 7.66. The summed E-state index contributed by atoms with van der Waals surface area (Å²) in [6, 6.07) is 8.13. The van der Waals surface area contributed by atoms with Gasteiger partial charge in [-0.25, -0.2) is 8.42 Å². The smallest absolute Gasteiger partial charge is 0.872 e. The largest absolute Gasteiger partial charge is 1.00 e. The molecule has 0 heterocycles. The van der Waals surface area contributed by atoms with Gasteiger partial charge in [-0.15, -0.1) is 5.11 Å². The van der Waals surface area contributed by atoms with E-state index in [1.54, 1.807) is 0 Å². The fourth-order valence-corrected chi connectivity index (χ4v) is 3.76. The molecule has 15 heteroatoms. The van der Waals surface area contributed by atoms with Crippen LogP contribution in [0.4, 0.5) is 22.7 Å². The molecule has 3 rings (SSSR count). The van der Waals surface area contributed by atoms with Gasteiger partial charge in [0.1, 0.15) is 20.7 Å². The van der Waals surface area contributed by atoms with Crippen LogP contribution in [0, 0.1) is 0 Å². The Labute approximate surface area is 262 Å². The second-order valence-corrected chi connectivity index (χ2v) is 8.65. The average molecular weight is 515 g/mol. The molecule has 0 fully saturated rings. The molecule has 0 aliphatic rings. The van der Waals surface area contributed by atoms with Crippen LogP contribution in [0.2, 0.25) is 0 Å². The molecule has 0 saturated heterocycles. The number of nitrogens with two attached hydrogens (primary N) is 2. The summed E-state index contributed by atoms with van der Waals surface area (Å²) < 4.78 is 66.7. The van der Waals surface area contributed by atoms with Crippen LogP contribution in [0.25, 0.3) is 10.8 Å². The molecule has 0 radical (unpaired) electrons. The maximum absolute atomic E-state index is 12.3. The van der Waals surface area contributed by atoms with Gasteiger partial charge in [-0.1, -0.05) is 11.8 Å². The van der Waals surface area contributed by atoms with Crippen LogP contribution in [0.1, 0.15) is 0 Å².